The van der Waals surface area contributed by atoms with E-state index in [1.165, 1.54) is 5.56 Å². The molecule has 0 unspecified atom stereocenters. The third-order valence-electron chi connectivity index (χ3n) is 4.95. The molecule has 0 amide bonds. The van der Waals surface area contributed by atoms with E-state index in [-0.39, 0.29) is 12.4 Å². The summed E-state index contributed by atoms with van der Waals surface area (Å²) in [5.41, 5.74) is 5.74. The lowest BCUT2D eigenvalue weighted by atomic mass is 10.00. The number of aliphatic hydroxyl groups excluding tert-OH is 1. The van der Waals surface area contributed by atoms with Crippen LogP contribution in [0.5, 0.6) is 11.5 Å². The van der Waals surface area contributed by atoms with Gasteiger partial charge in [-0.25, -0.2) is 0 Å². The van der Waals surface area contributed by atoms with E-state index in [0.29, 0.717) is 11.3 Å². The number of carbonyl (C=O) groups is 1. The Morgan fingerprint density at radius 3 is 2.44 bits per heavy atom. The first-order valence-electron chi connectivity index (χ1n) is 9.33. The fourth-order valence-electron chi connectivity index (χ4n) is 3.58. The molecule has 4 rings (SSSR count). The number of fused-ring (bicyclic) bond motifs is 3. The number of carbonyl (C=O) groups excluding carboxylic acids is 1. The molecular weight excluding hydrogens is 336 g/mol. The zero-order chi connectivity index (χ0) is 18.8. The third kappa shape index (κ3) is 3.51. The summed E-state index contributed by atoms with van der Waals surface area (Å²) in [6.45, 7) is 2.24. The van der Waals surface area contributed by atoms with Gasteiger partial charge in [-0.1, -0.05) is 30.3 Å². The fraction of sp³-hybridized carbons (Fsp3) is 0.208. The van der Waals surface area contributed by atoms with Gasteiger partial charge >= 0.3 is 0 Å². The molecule has 1 aliphatic rings. The van der Waals surface area contributed by atoms with Crippen molar-refractivity contribution >= 4 is 5.78 Å². The van der Waals surface area contributed by atoms with Crippen molar-refractivity contribution in [1.82, 2.24) is 0 Å². The number of aliphatic hydroxyl groups is 1. The van der Waals surface area contributed by atoms with Gasteiger partial charge in [-0.05, 0) is 78.8 Å². The van der Waals surface area contributed by atoms with E-state index in [1.807, 2.05) is 61.5 Å². The second-order valence-electron chi connectivity index (χ2n) is 7.02. The molecule has 0 atom stereocenters. The smallest absolute Gasteiger partial charge is 0.194 e. The van der Waals surface area contributed by atoms with Crippen LogP contribution in [0.15, 0.2) is 60.7 Å². The molecule has 0 saturated heterocycles. The maximum Gasteiger partial charge on any atom is 0.194 e. The first-order chi connectivity index (χ1) is 13.2. The second kappa shape index (κ2) is 7.37. The van der Waals surface area contributed by atoms with Gasteiger partial charge in [-0.3, -0.25) is 4.79 Å². The molecule has 3 aromatic rings. The SMILES string of the molecule is Cc1cccc(Oc2ccc3c(c2)C(=O)c2ccc(CCCCO)cc2-3)c1. The van der Waals surface area contributed by atoms with E-state index < -0.39 is 0 Å². The van der Waals surface area contributed by atoms with Gasteiger partial charge in [-0.2, -0.15) is 0 Å². The minimum atomic E-state index is 0.0524. The van der Waals surface area contributed by atoms with Gasteiger partial charge in [-0.15, -0.1) is 0 Å². The summed E-state index contributed by atoms with van der Waals surface area (Å²) in [5.74, 6) is 1.49. The Hall–Kier alpha value is -2.91. The van der Waals surface area contributed by atoms with Gasteiger partial charge < -0.3 is 9.84 Å². The maximum atomic E-state index is 12.8. The first-order valence-corrected chi connectivity index (χ1v) is 9.33. The van der Waals surface area contributed by atoms with Gasteiger partial charge in [0.25, 0.3) is 0 Å². The van der Waals surface area contributed by atoms with Crippen molar-refractivity contribution in [3.63, 3.8) is 0 Å². The largest absolute Gasteiger partial charge is 0.457 e. The molecule has 3 nitrogen and oxygen atoms in total. The Morgan fingerprint density at radius 1 is 0.815 bits per heavy atom. The molecule has 0 heterocycles. The maximum absolute atomic E-state index is 12.8. The van der Waals surface area contributed by atoms with Crippen LogP contribution in [0.1, 0.15) is 39.9 Å². The van der Waals surface area contributed by atoms with Crippen LogP contribution in [0.4, 0.5) is 0 Å². The lowest BCUT2D eigenvalue weighted by Crippen LogP contribution is -1.96. The highest BCUT2D eigenvalue weighted by Gasteiger charge is 2.27. The van der Waals surface area contributed by atoms with Crippen molar-refractivity contribution in [1.29, 1.82) is 0 Å². The van der Waals surface area contributed by atoms with Crippen molar-refractivity contribution in [3.8, 4) is 22.6 Å². The van der Waals surface area contributed by atoms with E-state index in [9.17, 15) is 4.79 Å². The van der Waals surface area contributed by atoms with E-state index in [2.05, 4.69) is 6.07 Å². The van der Waals surface area contributed by atoms with Crippen LogP contribution >= 0.6 is 0 Å². The van der Waals surface area contributed by atoms with Crippen molar-refractivity contribution in [3.05, 3.63) is 82.9 Å². The Kier molecular flexibility index (Phi) is 4.78. The lowest BCUT2D eigenvalue weighted by molar-refractivity contribution is 0.104. The fourth-order valence-corrected chi connectivity index (χ4v) is 3.58. The normalized spacial score (nSPS) is 12.0. The van der Waals surface area contributed by atoms with E-state index in [0.717, 1.165) is 47.3 Å². The van der Waals surface area contributed by atoms with Crippen LogP contribution in [-0.4, -0.2) is 17.5 Å². The van der Waals surface area contributed by atoms with Crippen LogP contribution < -0.4 is 4.74 Å². The summed E-state index contributed by atoms with van der Waals surface area (Å²) in [5, 5.41) is 8.95. The highest BCUT2D eigenvalue weighted by Crippen LogP contribution is 2.39. The molecule has 0 bridgehead atoms. The van der Waals surface area contributed by atoms with Crippen LogP contribution in [-0.2, 0) is 6.42 Å². The van der Waals surface area contributed by atoms with Crippen molar-refractivity contribution in [2.24, 2.45) is 0 Å². The average molecular weight is 358 g/mol. The van der Waals surface area contributed by atoms with Crippen LogP contribution in [0, 0.1) is 6.92 Å². The summed E-state index contributed by atoms with van der Waals surface area (Å²) in [6.07, 6.45) is 2.65. The number of benzene rings is 3. The van der Waals surface area contributed by atoms with Crippen molar-refractivity contribution in [2.45, 2.75) is 26.2 Å². The Balaban J connectivity index is 1.62. The minimum Gasteiger partial charge on any atom is -0.457 e. The summed E-state index contributed by atoms with van der Waals surface area (Å²) in [6, 6.07) is 19.6. The standard InChI is InChI=1S/C24H22O3/c1-16-5-4-7-18(13-16)27-19-9-11-20-22-14-17(6-2-3-12-25)8-10-21(22)24(26)23(20)15-19/h4-5,7-11,13-15,25H,2-3,6,12H2,1H3. The Labute approximate surface area is 159 Å². The number of ether oxygens (including phenoxy) is 1. The number of ketones is 1. The van der Waals surface area contributed by atoms with Gasteiger partial charge in [0.2, 0.25) is 0 Å². The van der Waals surface area contributed by atoms with Crippen LogP contribution in [0.3, 0.4) is 0 Å². The zero-order valence-electron chi connectivity index (χ0n) is 15.4. The van der Waals surface area contributed by atoms with Crippen molar-refractivity contribution in [2.75, 3.05) is 6.61 Å². The summed E-state index contributed by atoms with van der Waals surface area (Å²) >= 11 is 0. The van der Waals surface area contributed by atoms with Crippen LogP contribution in [0.2, 0.25) is 0 Å². The van der Waals surface area contributed by atoms with E-state index in [1.54, 1.807) is 0 Å². The molecule has 0 aromatic heterocycles. The molecule has 3 heteroatoms. The molecule has 0 radical (unpaired) electrons. The highest BCUT2D eigenvalue weighted by atomic mass is 16.5. The molecule has 0 spiro atoms. The van der Waals surface area contributed by atoms with Gasteiger partial charge in [0.05, 0.1) is 0 Å². The Morgan fingerprint density at radius 2 is 1.63 bits per heavy atom. The van der Waals surface area contributed by atoms with Gasteiger partial charge in [0.1, 0.15) is 11.5 Å². The molecule has 1 aliphatic carbocycles. The summed E-state index contributed by atoms with van der Waals surface area (Å²) in [7, 11) is 0. The molecule has 3 aromatic carbocycles. The zero-order valence-corrected chi connectivity index (χ0v) is 15.4. The number of unbranched alkanes of at least 4 members (excludes halogenated alkanes) is 1. The molecule has 27 heavy (non-hydrogen) atoms. The molecule has 0 fully saturated rings. The third-order valence-corrected chi connectivity index (χ3v) is 4.95. The molecule has 1 N–H and O–H groups in total. The average Bonchev–Trinajstić information content (AvgIpc) is 2.94. The summed E-state index contributed by atoms with van der Waals surface area (Å²) < 4.78 is 5.94. The molecular formula is C24H22O3. The quantitative estimate of drug-likeness (QED) is 0.475. The topological polar surface area (TPSA) is 46.5 Å². The number of hydrogen-bond acceptors (Lipinski definition) is 3. The lowest BCUT2D eigenvalue weighted by Gasteiger charge is -2.08. The summed E-state index contributed by atoms with van der Waals surface area (Å²) in [4.78, 5) is 12.8. The highest BCUT2D eigenvalue weighted by molar-refractivity contribution is 6.21. The van der Waals surface area contributed by atoms with E-state index in [4.69, 9.17) is 9.84 Å². The molecule has 0 aliphatic heterocycles. The predicted octanol–water partition coefficient (Wildman–Crippen LogP) is 5.31. The predicted molar refractivity (Wildman–Crippen MR) is 107 cm³/mol. The monoisotopic (exact) mass is 358 g/mol. The number of rotatable bonds is 6. The van der Waals surface area contributed by atoms with E-state index >= 15 is 0 Å². The number of hydrogen-bond donors (Lipinski definition) is 1. The molecule has 136 valence electrons. The molecule has 0 saturated carbocycles. The van der Waals surface area contributed by atoms with Gasteiger partial charge in [0.15, 0.2) is 5.78 Å². The first kappa shape index (κ1) is 17.5. The van der Waals surface area contributed by atoms with Crippen LogP contribution in [0.25, 0.3) is 11.1 Å². The second-order valence-corrected chi connectivity index (χ2v) is 7.02. The number of aryl methyl sites for hydroxylation is 2. The minimum absolute atomic E-state index is 0.0524. The van der Waals surface area contributed by atoms with Gasteiger partial charge in [0, 0.05) is 17.7 Å². The Bertz CT molecular complexity index is 1000. The van der Waals surface area contributed by atoms with Crippen molar-refractivity contribution < 1.29 is 14.6 Å².